The molecule has 1 fully saturated rings. The number of nitrogens with zero attached hydrogens (tertiary/aromatic N) is 3. The zero-order valence-electron chi connectivity index (χ0n) is 13.4. The number of morpholine rings is 1. The molecule has 0 N–H and O–H groups in total. The van der Waals surface area contributed by atoms with E-state index in [1.807, 2.05) is 36.4 Å². The molecule has 120 valence electrons. The predicted molar refractivity (Wildman–Crippen MR) is 95.9 cm³/mol. The van der Waals surface area contributed by atoms with E-state index in [0.29, 0.717) is 0 Å². The molecule has 1 aliphatic heterocycles. The summed E-state index contributed by atoms with van der Waals surface area (Å²) in [7, 11) is 0. The highest BCUT2D eigenvalue weighted by atomic mass is 16.5. The molecule has 2 aromatic carbocycles. The van der Waals surface area contributed by atoms with Crippen molar-refractivity contribution in [1.29, 1.82) is 0 Å². The Balaban J connectivity index is 1.81. The van der Waals surface area contributed by atoms with Crippen LogP contribution in [0.25, 0.3) is 22.5 Å². The lowest BCUT2D eigenvalue weighted by molar-refractivity contribution is 0.122. The fraction of sp³-hybridized carbons (Fsp3) is 0.200. The molecule has 24 heavy (non-hydrogen) atoms. The Bertz CT molecular complexity index is 742. The highest BCUT2D eigenvalue weighted by molar-refractivity contribution is 5.69. The minimum Gasteiger partial charge on any atom is -0.378 e. The van der Waals surface area contributed by atoms with Gasteiger partial charge in [-0.05, 0) is 6.07 Å². The van der Waals surface area contributed by atoms with Crippen LogP contribution in [0, 0.1) is 0 Å². The fourth-order valence-electron chi connectivity index (χ4n) is 2.85. The highest BCUT2D eigenvalue weighted by Gasteiger charge is 2.16. The normalized spacial score (nSPS) is 14.6. The van der Waals surface area contributed by atoms with Crippen LogP contribution in [0.5, 0.6) is 0 Å². The summed E-state index contributed by atoms with van der Waals surface area (Å²) < 4.78 is 5.45. The molecule has 2 heterocycles. The molecular weight excluding hydrogens is 298 g/mol. The number of hydrogen-bond donors (Lipinski definition) is 0. The average Bonchev–Trinajstić information content (AvgIpc) is 2.70. The van der Waals surface area contributed by atoms with Crippen molar-refractivity contribution in [1.82, 2.24) is 9.97 Å². The first-order valence-electron chi connectivity index (χ1n) is 8.23. The highest BCUT2D eigenvalue weighted by Crippen LogP contribution is 2.26. The van der Waals surface area contributed by atoms with E-state index in [0.717, 1.165) is 54.8 Å². The Kier molecular flexibility index (Phi) is 4.21. The third-order valence-corrected chi connectivity index (χ3v) is 4.15. The first-order chi connectivity index (χ1) is 11.9. The minimum absolute atomic E-state index is 0.722. The van der Waals surface area contributed by atoms with Crippen LogP contribution in [-0.4, -0.2) is 36.3 Å². The molecule has 0 saturated carbocycles. The van der Waals surface area contributed by atoms with E-state index in [1.165, 1.54) is 0 Å². The van der Waals surface area contributed by atoms with Gasteiger partial charge in [-0.2, -0.15) is 0 Å². The van der Waals surface area contributed by atoms with Crippen LogP contribution >= 0.6 is 0 Å². The quantitative estimate of drug-likeness (QED) is 0.739. The van der Waals surface area contributed by atoms with Gasteiger partial charge in [0.25, 0.3) is 0 Å². The maximum Gasteiger partial charge on any atom is 0.226 e. The zero-order valence-corrected chi connectivity index (χ0v) is 13.4. The van der Waals surface area contributed by atoms with E-state index in [9.17, 15) is 0 Å². The monoisotopic (exact) mass is 317 g/mol. The second-order valence-corrected chi connectivity index (χ2v) is 5.77. The summed E-state index contributed by atoms with van der Waals surface area (Å²) in [5, 5.41) is 0. The standard InChI is InChI=1S/C20H19N3O/c1-3-7-16(8-4-1)18-15-19(17-9-5-2-6-10-17)22-20(21-18)23-11-13-24-14-12-23/h1-10,15H,11-14H2. The van der Waals surface area contributed by atoms with Gasteiger partial charge >= 0.3 is 0 Å². The van der Waals surface area contributed by atoms with Gasteiger partial charge < -0.3 is 9.64 Å². The van der Waals surface area contributed by atoms with Crippen molar-refractivity contribution < 1.29 is 4.74 Å². The van der Waals surface area contributed by atoms with Crippen LogP contribution in [-0.2, 0) is 4.74 Å². The van der Waals surface area contributed by atoms with Crippen LogP contribution < -0.4 is 4.90 Å². The molecule has 0 spiro atoms. The largest absolute Gasteiger partial charge is 0.378 e. The summed E-state index contributed by atoms with van der Waals surface area (Å²) in [5.74, 6) is 0.776. The van der Waals surface area contributed by atoms with Crippen molar-refractivity contribution in [3.8, 4) is 22.5 Å². The number of benzene rings is 2. The number of rotatable bonds is 3. The summed E-state index contributed by atoms with van der Waals surface area (Å²) in [6.45, 7) is 3.10. The molecule has 0 bridgehead atoms. The second kappa shape index (κ2) is 6.81. The lowest BCUT2D eigenvalue weighted by Crippen LogP contribution is -2.37. The van der Waals surface area contributed by atoms with Crippen molar-refractivity contribution in [2.75, 3.05) is 31.2 Å². The molecule has 0 amide bonds. The van der Waals surface area contributed by atoms with Crippen LogP contribution in [0.4, 0.5) is 5.95 Å². The molecule has 0 aliphatic carbocycles. The zero-order chi connectivity index (χ0) is 16.2. The summed E-state index contributed by atoms with van der Waals surface area (Å²) in [6.07, 6.45) is 0. The van der Waals surface area contributed by atoms with Gasteiger partial charge in [-0.15, -0.1) is 0 Å². The first kappa shape index (κ1) is 14.8. The van der Waals surface area contributed by atoms with Crippen molar-refractivity contribution in [3.05, 3.63) is 66.7 Å². The molecule has 0 radical (unpaired) electrons. The third-order valence-electron chi connectivity index (χ3n) is 4.15. The van der Waals surface area contributed by atoms with Crippen molar-refractivity contribution in [2.24, 2.45) is 0 Å². The van der Waals surface area contributed by atoms with Crippen molar-refractivity contribution >= 4 is 5.95 Å². The molecule has 0 atom stereocenters. The SMILES string of the molecule is c1ccc(-c2cc(-c3ccccc3)nc(N3CCOCC3)n2)cc1. The number of ether oxygens (including phenoxy) is 1. The number of anilines is 1. The molecular formula is C20H19N3O. The summed E-state index contributed by atoms with van der Waals surface area (Å²) in [5.41, 5.74) is 4.11. The Morgan fingerprint density at radius 3 is 1.71 bits per heavy atom. The van der Waals surface area contributed by atoms with Gasteiger partial charge in [0.2, 0.25) is 5.95 Å². The lowest BCUT2D eigenvalue weighted by atomic mass is 10.1. The van der Waals surface area contributed by atoms with E-state index >= 15 is 0 Å². The van der Waals surface area contributed by atoms with Gasteiger partial charge in [-0.25, -0.2) is 9.97 Å². The molecule has 4 heteroatoms. The van der Waals surface area contributed by atoms with E-state index in [-0.39, 0.29) is 0 Å². The molecule has 4 nitrogen and oxygen atoms in total. The third kappa shape index (κ3) is 3.14. The molecule has 3 aromatic rings. The molecule has 1 aromatic heterocycles. The summed E-state index contributed by atoms with van der Waals surface area (Å²) in [4.78, 5) is 11.8. The topological polar surface area (TPSA) is 38.2 Å². The smallest absolute Gasteiger partial charge is 0.226 e. The molecule has 1 saturated heterocycles. The van der Waals surface area contributed by atoms with Gasteiger partial charge in [0.1, 0.15) is 0 Å². The maximum atomic E-state index is 5.45. The predicted octanol–water partition coefficient (Wildman–Crippen LogP) is 3.65. The van der Waals surface area contributed by atoms with Gasteiger partial charge in [0.15, 0.2) is 0 Å². The van der Waals surface area contributed by atoms with Crippen LogP contribution in [0.3, 0.4) is 0 Å². The maximum absolute atomic E-state index is 5.45. The Morgan fingerprint density at radius 2 is 1.21 bits per heavy atom. The van der Waals surface area contributed by atoms with Gasteiger partial charge in [0.05, 0.1) is 24.6 Å². The number of hydrogen-bond acceptors (Lipinski definition) is 4. The van der Waals surface area contributed by atoms with Gasteiger partial charge in [-0.1, -0.05) is 60.7 Å². The number of aromatic nitrogens is 2. The van der Waals surface area contributed by atoms with Gasteiger partial charge in [0, 0.05) is 24.2 Å². The van der Waals surface area contributed by atoms with Crippen LogP contribution in [0.1, 0.15) is 0 Å². The van der Waals surface area contributed by atoms with E-state index < -0.39 is 0 Å². The second-order valence-electron chi connectivity index (χ2n) is 5.77. The van der Waals surface area contributed by atoms with E-state index in [4.69, 9.17) is 14.7 Å². The summed E-state index contributed by atoms with van der Waals surface area (Å²) >= 11 is 0. The minimum atomic E-state index is 0.722. The van der Waals surface area contributed by atoms with Crippen molar-refractivity contribution in [3.63, 3.8) is 0 Å². The lowest BCUT2D eigenvalue weighted by Gasteiger charge is -2.27. The Hall–Kier alpha value is -2.72. The Labute approximate surface area is 141 Å². The van der Waals surface area contributed by atoms with Crippen molar-refractivity contribution in [2.45, 2.75) is 0 Å². The fourth-order valence-corrected chi connectivity index (χ4v) is 2.85. The van der Waals surface area contributed by atoms with Crippen LogP contribution in [0.15, 0.2) is 66.7 Å². The first-order valence-corrected chi connectivity index (χ1v) is 8.23. The van der Waals surface area contributed by atoms with E-state index in [2.05, 4.69) is 35.2 Å². The summed E-state index contributed by atoms with van der Waals surface area (Å²) in [6, 6.07) is 22.6. The van der Waals surface area contributed by atoms with Gasteiger partial charge in [-0.3, -0.25) is 0 Å². The molecule has 0 unspecified atom stereocenters. The molecule has 1 aliphatic rings. The average molecular weight is 317 g/mol. The van der Waals surface area contributed by atoms with E-state index in [1.54, 1.807) is 0 Å². The molecule has 4 rings (SSSR count). The Morgan fingerprint density at radius 1 is 0.708 bits per heavy atom. The van der Waals surface area contributed by atoms with Crippen LogP contribution in [0.2, 0.25) is 0 Å².